The zero-order chi connectivity index (χ0) is 11.4. The molecule has 0 atom stereocenters. The van der Waals surface area contributed by atoms with E-state index in [1.54, 1.807) is 6.20 Å². The van der Waals surface area contributed by atoms with E-state index >= 15 is 0 Å². The van der Waals surface area contributed by atoms with E-state index < -0.39 is 0 Å². The molecule has 0 bridgehead atoms. The minimum atomic E-state index is 0.685. The molecule has 0 aliphatic rings. The molecule has 0 saturated heterocycles. The molecular weight excluding hydrogens is 200 g/mol. The first-order chi connectivity index (χ1) is 7.81. The van der Waals surface area contributed by atoms with Crippen molar-refractivity contribution in [3.05, 3.63) is 30.5 Å². The summed E-state index contributed by atoms with van der Waals surface area (Å²) in [6.45, 7) is 1.53. The van der Waals surface area contributed by atoms with E-state index in [2.05, 4.69) is 10.3 Å². The topological polar surface area (TPSA) is 77.0 Å². The Balaban J connectivity index is 2.30. The van der Waals surface area contributed by atoms with Crippen molar-refractivity contribution in [2.75, 3.05) is 24.1 Å². The highest BCUT2D eigenvalue weighted by Crippen LogP contribution is 2.22. The molecule has 2 rings (SSSR count). The lowest BCUT2D eigenvalue weighted by Crippen LogP contribution is -2.09. The van der Waals surface area contributed by atoms with Crippen LogP contribution < -0.4 is 16.8 Å². The van der Waals surface area contributed by atoms with Crippen molar-refractivity contribution in [1.82, 2.24) is 4.98 Å². The number of anilines is 2. The molecular formula is C12H16N4. The quantitative estimate of drug-likeness (QED) is 0.535. The third-order valence-corrected chi connectivity index (χ3v) is 2.46. The molecule has 1 aromatic heterocycles. The van der Waals surface area contributed by atoms with Gasteiger partial charge < -0.3 is 16.8 Å². The van der Waals surface area contributed by atoms with Gasteiger partial charge in [-0.25, -0.2) is 4.98 Å². The van der Waals surface area contributed by atoms with Crippen molar-refractivity contribution in [3.8, 4) is 0 Å². The van der Waals surface area contributed by atoms with Crippen molar-refractivity contribution >= 4 is 22.3 Å². The van der Waals surface area contributed by atoms with Crippen LogP contribution in [0.3, 0.4) is 0 Å². The second-order valence-electron chi connectivity index (χ2n) is 3.71. The van der Waals surface area contributed by atoms with Crippen LogP contribution in [0.15, 0.2) is 30.5 Å². The smallest absolute Gasteiger partial charge is 0.133 e. The molecule has 4 nitrogen and oxygen atoms in total. The van der Waals surface area contributed by atoms with E-state index in [1.807, 2.05) is 24.3 Å². The molecule has 0 spiro atoms. The summed E-state index contributed by atoms with van der Waals surface area (Å²) in [5, 5.41) is 5.47. The van der Waals surface area contributed by atoms with E-state index in [0.29, 0.717) is 6.54 Å². The Bertz CT molecular complexity index is 481. The van der Waals surface area contributed by atoms with Gasteiger partial charge in [-0.1, -0.05) is 0 Å². The number of hydrogen-bond donors (Lipinski definition) is 3. The zero-order valence-electron chi connectivity index (χ0n) is 9.11. The summed E-state index contributed by atoms with van der Waals surface area (Å²) in [5.41, 5.74) is 12.0. The van der Waals surface area contributed by atoms with Gasteiger partial charge in [0.1, 0.15) is 5.82 Å². The zero-order valence-corrected chi connectivity index (χ0v) is 9.11. The first-order valence-electron chi connectivity index (χ1n) is 5.39. The Morgan fingerprint density at radius 3 is 2.94 bits per heavy atom. The summed E-state index contributed by atoms with van der Waals surface area (Å²) in [7, 11) is 0. The molecule has 1 heterocycles. The van der Waals surface area contributed by atoms with Gasteiger partial charge in [0.15, 0.2) is 0 Å². The standard InChI is InChI=1S/C12H16N4/c13-5-1-6-15-12-11-3-2-10(14)8-9(11)4-7-16-12/h2-4,7-8H,1,5-6,13-14H2,(H,15,16). The number of nitrogens with zero attached hydrogens (tertiary/aromatic N) is 1. The van der Waals surface area contributed by atoms with Crippen LogP contribution in [0, 0.1) is 0 Å². The molecule has 0 aliphatic heterocycles. The van der Waals surface area contributed by atoms with Gasteiger partial charge in [-0.3, -0.25) is 0 Å². The van der Waals surface area contributed by atoms with Crippen LogP contribution in [0.1, 0.15) is 6.42 Å². The lowest BCUT2D eigenvalue weighted by molar-refractivity contribution is 0.871. The first kappa shape index (κ1) is 10.7. The van der Waals surface area contributed by atoms with Gasteiger partial charge in [-0.05, 0) is 42.6 Å². The first-order valence-corrected chi connectivity index (χ1v) is 5.39. The van der Waals surface area contributed by atoms with Crippen molar-refractivity contribution in [2.24, 2.45) is 5.73 Å². The summed E-state index contributed by atoms with van der Waals surface area (Å²) in [5.74, 6) is 0.894. The van der Waals surface area contributed by atoms with Crippen molar-refractivity contribution in [1.29, 1.82) is 0 Å². The minimum absolute atomic E-state index is 0.685. The van der Waals surface area contributed by atoms with E-state index in [-0.39, 0.29) is 0 Å². The molecule has 0 aliphatic carbocycles. The fourth-order valence-electron chi connectivity index (χ4n) is 1.65. The molecule has 0 radical (unpaired) electrons. The molecule has 0 unspecified atom stereocenters. The van der Waals surface area contributed by atoms with Gasteiger partial charge in [-0.15, -0.1) is 0 Å². The highest BCUT2D eigenvalue weighted by molar-refractivity contribution is 5.93. The molecule has 84 valence electrons. The van der Waals surface area contributed by atoms with Crippen LogP contribution in [0.25, 0.3) is 10.8 Å². The fourth-order valence-corrected chi connectivity index (χ4v) is 1.65. The molecule has 0 fully saturated rings. The number of nitrogens with one attached hydrogen (secondary N) is 1. The Hall–Kier alpha value is -1.81. The average molecular weight is 216 g/mol. The normalized spacial score (nSPS) is 10.6. The highest BCUT2D eigenvalue weighted by Gasteiger charge is 2.01. The number of aromatic nitrogens is 1. The summed E-state index contributed by atoms with van der Waals surface area (Å²) in [4.78, 5) is 4.32. The predicted molar refractivity (Wildman–Crippen MR) is 68.3 cm³/mol. The fraction of sp³-hybridized carbons (Fsp3) is 0.250. The van der Waals surface area contributed by atoms with Crippen LogP contribution in [-0.4, -0.2) is 18.1 Å². The number of nitrogen functional groups attached to an aromatic ring is 1. The molecule has 1 aromatic carbocycles. The number of fused-ring (bicyclic) bond motifs is 1. The third kappa shape index (κ3) is 2.23. The second kappa shape index (κ2) is 4.81. The summed E-state index contributed by atoms with van der Waals surface area (Å²) >= 11 is 0. The Labute approximate surface area is 94.7 Å². The number of rotatable bonds is 4. The number of nitrogens with two attached hydrogens (primary N) is 2. The SMILES string of the molecule is NCCCNc1nccc2cc(N)ccc12. The van der Waals surface area contributed by atoms with Gasteiger partial charge in [0.05, 0.1) is 0 Å². The number of pyridine rings is 1. The largest absolute Gasteiger partial charge is 0.399 e. The molecule has 16 heavy (non-hydrogen) atoms. The van der Waals surface area contributed by atoms with Crippen LogP contribution in [-0.2, 0) is 0 Å². The van der Waals surface area contributed by atoms with E-state index in [0.717, 1.165) is 35.2 Å². The maximum absolute atomic E-state index is 5.74. The Kier molecular flexibility index (Phi) is 3.22. The molecule has 0 saturated carbocycles. The van der Waals surface area contributed by atoms with Gasteiger partial charge in [0.25, 0.3) is 0 Å². The minimum Gasteiger partial charge on any atom is -0.399 e. The van der Waals surface area contributed by atoms with Crippen LogP contribution in [0.2, 0.25) is 0 Å². The summed E-state index contributed by atoms with van der Waals surface area (Å²) < 4.78 is 0. The third-order valence-electron chi connectivity index (χ3n) is 2.46. The van der Waals surface area contributed by atoms with Crippen LogP contribution in [0.4, 0.5) is 11.5 Å². The summed E-state index contributed by atoms with van der Waals surface area (Å²) in [6.07, 6.45) is 2.72. The Morgan fingerprint density at radius 2 is 2.12 bits per heavy atom. The number of hydrogen-bond acceptors (Lipinski definition) is 4. The van der Waals surface area contributed by atoms with Crippen molar-refractivity contribution in [2.45, 2.75) is 6.42 Å². The van der Waals surface area contributed by atoms with E-state index in [9.17, 15) is 0 Å². The summed E-state index contributed by atoms with van der Waals surface area (Å²) in [6, 6.07) is 7.78. The Morgan fingerprint density at radius 1 is 1.25 bits per heavy atom. The predicted octanol–water partition coefficient (Wildman–Crippen LogP) is 1.58. The second-order valence-corrected chi connectivity index (χ2v) is 3.71. The highest BCUT2D eigenvalue weighted by atomic mass is 15.0. The van der Waals surface area contributed by atoms with Crippen molar-refractivity contribution < 1.29 is 0 Å². The van der Waals surface area contributed by atoms with Crippen LogP contribution >= 0.6 is 0 Å². The number of benzene rings is 1. The van der Waals surface area contributed by atoms with Crippen molar-refractivity contribution in [3.63, 3.8) is 0 Å². The lowest BCUT2D eigenvalue weighted by Gasteiger charge is -2.08. The monoisotopic (exact) mass is 216 g/mol. The maximum atomic E-state index is 5.74. The molecule has 5 N–H and O–H groups in total. The van der Waals surface area contributed by atoms with E-state index in [4.69, 9.17) is 11.5 Å². The van der Waals surface area contributed by atoms with Crippen LogP contribution in [0.5, 0.6) is 0 Å². The maximum Gasteiger partial charge on any atom is 0.133 e. The lowest BCUT2D eigenvalue weighted by atomic mass is 10.1. The average Bonchev–Trinajstić information content (AvgIpc) is 2.29. The molecule has 2 aromatic rings. The van der Waals surface area contributed by atoms with Gasteiger partial charge in [0, 0.05) is 23.8 Å². The van der Waals surface area contributed by atoms with Gasteiger partial charge in [0.2, 0.25) is 0 Å². The van der Waals surface area contributed by atoms with Gasteiger partial charge >= 0.3 is 0 Å². The van der Waals surface area contributed by atoms with Gasteiger partial charge in [-0.2, -0.15) is 0 Å². The molecule has 0 amide bonds. The molecule has 4 heteroatoms. The van der Waals surface area contributed by atoms with E-state index in [1.165, 1.54) is 0 Å².